The van der Waals surface area contributed by atoms with Crippen LogP contribution in [0.15, 0.2) is 48.5 Å². The minimum Gasteiger partial charge on any atom is -0.497 e. The van der Waals surface area contributed by atoms with Crippen LogP contribution in [0.2, 0.25) is 0 Å². The van der Waals surface area contributed by atoms with Crippen molar-refractivity contribution >= 4 is 11.8 Å². The maximum absolute atomic E-state index is 13.6. The molecule has 186 valence electrons. The van der Waals surface area contributed by atoms with Gasteiger partial charge in [0.25, 0.3) is 0 Å². The van der Waals surface area contributed by atoms with Crippen molar-refractivity contribution in [2.75, 3.05) is 39.9 Å². The molecule has 0 bridgehead atoms. The second-order valence-corrected chi connectivity index (χ2v) is 10.00. The summed E-state index contributed by atoms with van der Waals surface area (Å²) in [7, 11) is 1.65. The molecule has 0 aliphatic carbocycles. The lowest BCUT2D eigenvalue weighted by Gasteiger charge is -2.43. The highest BCUT2D eigenvalue weighted by molar-refractivity contribution is 5.81. The van der Waals surface area contributed by atoms with Gasteiger partial charge in [0, 0.05) is 44.4 Å². The average Bonchev–Trinajstić information content (AvgIpc) is 2.90. The molecule has 6 nitrogen and oxygen atoms in total. The number of piperidine rings is 2. The number of ketones is 1. The SMILES string of the molecule is COc1ccc([C@@H](c2ccc(F)cc2)C2CCN(C(=O)N3CC[C@@H]4OCC(=O)C[C@@H]4C3)CC2)cc1. The highest BCUT2D eigenvalue weighted by atomic mass is 19.1. The Morgan fingerprint density at radius 2 is 1.60 bits per heavy atom. The summed E-state index contributed by atoms with van der Waals surface area (Å²) in [4.78, 5) is 29.0. The monoisotopic (exact) mass is 480 g/mol. The molecule has 0 spiro atoms. The third-order valence-electron chi connectivity index (χ3n) is 7.87. The first-order valence-electron chi connectivity index (χ1n) is 12.6. The molecule has 0 unspecified atom stereocenters. The zero-order valence-corrected chi connectivity index (χ0v) is 20.2. The van der Waals surface area contributed by atoms with Crippen LogP contribution in [0.4, 0.5) is 9.18 Å². The van der Waals surface area contributed by atoms with E-state index in [-0.39, 0.29) is 42.2 Å². The minimum atomic E-state index is -0.239. The van der Waals surface area contributed by atoms with E-state index in [2.05, 4.69) is 12.1 Å². The highest BCUT2D eigenvalue weighted by Gasteiger charge is 2.39. The first-order valence-corrected chi connectivity index (χ1v) is 12.6. The first-order chi connectivity index (χ1) is 17.0. The number of hydrogen-bond donors (Lipinski definition) is 0. The molecule has 0 aromatic heterocycles. The Kier molecular flexibility index (Phi) is 7.04. The normalized spacial score (nSPS) is 24.1. The van der Waals surface area contributed by atoms with Gasteiger partial charge in [0.2, 0.25) is 0 Å². The molecule has 3 heterocycles. The fraction of sp³-hybridized carbons (Fsp3) is 0.500. The summed E-state index contributed by atoms with van der Waals surface area (Å²) in [6.45, 7) is 2.87. The fourth-order valence-corrected chi connectivity index (χ4v) is 5.99. The van der Waals surface area contributed by atoms with Crippen molar-refractivity contribution in [3.8, 4) is 5.75 Å². The number of rotatable bonds is 4. The van der Waals surface area contributed by atoms with E-state index < -0.39 is 0 Å². The smallest absolute Gasteiger partial charge is 0.320 e. The molecule has 35 heavy (non-hydrogen) atoms. The van der Waals surface area contributed by atoms with Crippen LogP contribution in [0.5, 0.6) is 5.75 Å². The lowest BCUT2D eigenvalue weighted by atomic mass is 9.76. The van der Waals surface area contributed by atoms with Crippen molar-refractivity contribution in [1.29, 1.82) is 0 Å². The van der Waals surface area contributed by atoms with E-state index in [0.29, 0.717) is 38.5 Å². The van der Waals surface area contributed by atoms with Gasteiger partial charge in [0.05, 0.1) is 13.2 Å². The van der Waals surface area contributed by atoms with Crippen molar-refractivity contribution in [1.82, 2.24) is 9.80 Å². The molecule has 3 fully saturated rings. The minimum absolute atomic E-state index is 0.0719. The van der Waals surface area contributed by atoms with Gasteiger partial charge in [-0.2, -0.15) is 0 Å². The van der Waals surface area contributed by atoms with Gasteiger partial charge in [-0.3, -0.25) is 4.79 Å². The van der Waals surface area contributed by atoms with Crippen LogP contribution in [-0.2, 0) is 9.53 Å². The summed E-state index contributed by atoms with van der Waals surface area (Å²) in [5.41, 5.74) is 2.26. The second kappa shape index (κ2) is 10.4. The summed E-state index contributed by atoms with van der Waals surface area (Å²) < 4.78 is 24.7. The molecule has 7 heteroatoms. The topological polar surface area (TPSA) is 59.1 Å². The van der Waals surface area contributed by atoms with Crippen molar-refractivity contribution in [3.63, 3.8) is 0 Å². The molecule has 3 atom stereocenters. The van der Waals surface area contributed by atoms with Gasteiger partial charge in [-0.05, 0) is 60.6 Å². The number of Topliss-reactive ketones (excluding diaryl/α,β-unsaturated/α-hetero) is 1. The van der Waals surface area contributed by atoms with E-state index in [1.54, 1.807) is 7.11 Å². The average molecular weight is 481 g/mol. The van der Waals surface area contributed by atoms with Gasteiger partial charge in [-0.15, -0.1) is 0 Å². The molecular formula is C28H33FN2O4. The summed E-state index contributed by atoms with van der Waals surface area (Å²) in [6, 6.07) is 15.0. The lowest BCUT2D eigenvalue weighted by molar-refractivity contribution is -0.140. The zero-order chi connectivity index (χ0) is 24.4. The molecule has 0 N–H and O–H groups in total. The standard InChI is InChI=1S/C28H33FN2O4/c1-34-25-8-4-20(5-9-25)27(19-2-6-23(29)7-3-19)21-10-13-30(14-11-21)28(33)31-15-12-26-22(17-31)16-24(32)18-35-26/h2-9,21-22,26-27H,10-18H2,1H3/t22-,26+,27-/m1/s1. The number of urea groups is 1. The number of likely N-dealkylation sites (tertiary alicyclic amines) is 2. The lowest BCUT2D eigenvalue weighted by Crippen LogP contribution is -2.54. The summed E-state index contributed by atoms with van der Waals surface area (Å²) >= 11 is 0. The number of carbonyl (C=O) groups is 2. The number of benzene rings is 2. The van der Waals surface area contributed by atoms with Crippen LogP contribution >= 0.6 is 0 Å². The van der Waals surface area contributed by atoms with Crippen LogP contribution in [0.25, 0.3) is 0 Å². The largest absolute Gasteiger partial charge is 0.497 e. The van der Waals surface area contributed by atoms with E-state index >= 15 is 0 Å². The second-order valence-electron chi connectivity index (χ2n) is 10.00. The third kappa shape index (κ3) is 5.20. The Labute approximate surface area is 206 Å². The maximum atomic E-state index is 13.6. The van der Waals surface area contributed by atoms with Gasteiger partial charge in [0.15, 0.2) is 5.78 Å². The number of ether oxygens (including phenoxy) is 2. The molecular weight excluding hydrogens is 447 g/mol. The zero-order valence-electron chi connectivity index (χ0n) is 20.2. The third-order valence-corrected chi connectivity index (χ3v) is 7.87. The molecule has 2 amide bonds. The first kappa shape index (κ1) is 23.8. The van der Waals surface area contributed by atoms with Crippen LogP contribution in [0, 0.1) is 17.7 Å². The summed E-state index contributed by atoms with van der Waals surface area (Å²) in [6.07, 6.45) is 3.16. The number of fused-ring (bicyclic) bond motifs is 1. The van der Waals surface area contributed by atoms with Gasteiger partial charge in [-0.25, -0.2) is 9.18 Å². The fourth-order valence-electron chi connectivity index (χ4n) is 5.99. The van der Waals surface area contributed by atoms with Crippen molar-refractivity contribution in [2.45, 2.75) is 37.7 Å². The quantitative estimate of drug-likeness (QED) is 0.648. The summed E-state index contributed by atoms with van der Waals surface area (Å²) in [5, 5.41) is 0. The number of methoxy groups -OCH3 is 1. The van der Waals surface area contributed by atoms with Crippen molar-refractivity contribution in [2.24, 2.45) is 11.8 Å². The Balaban J connectivity index is 1.26. The number of halogens is 1. The molecule has 3 aliphatic rings. The molecule has 0 saturated carbocycles. The Morgan fingerprint density at radius 1 is 0.971 bits per heavy atom. The maximum Gasteiger partial charge on any atom is 0.320 e. The predicted molar refractivity (Wildman–Crippen MR) is 130 cm³/mol. The van der Waals surface area contributed by atoms with Crippen molar-refractivity contribution < 1.29 is 23.5 Å². The molecule has 0 radical (unpaired) electrons. The molecule has 3 aliphatic heterocycles. The highest BCUT2D eigenvalue weighted by Crippen LogP contribution is 2.39. The summed E-state index contributed by atoms with van der Waals surface area (Å²) in [5.74, 6) is 1.28. The number of amides is 2. The number of carbonyl (C=O) groups excluding carboxylic acids is 2. The van der Waals surface area contributed by atoms with Crippen LogP contribution < -0.4 is 4.74 Å². The van der Waals surface area contributed by atoms with Crippen molar-refractivity contribution in [3.05, 3.63) is 65.5 Å². The van der Waals surface area contributed by atoms with Gasteiger partial charge < -0.3 is 19.3 Å². The predicted octanol–water partition coefficient (Wildman–Crippen LogP) is 4.48. The van der Waals surface area contributed by atoms with Gasteiger partial charge >= 0.3 is 6.03 Å². The molecule has 5 rings (SSSR count). The van der Waals surface area contributed by atoms with E-state index in [4.69, 9.17) is 9.47 Å². The van der Waals surface area contributed by atoms with E-state index in [1.807, 2.05) is 34.1 Å². The van der Waals surface area contributed by atoms with Gasteiger partial charge in [-0.1, -0.05) is 24.3 Å². The Morgan fingerprint density at radius 3 is 2.26 bits per heavy atom. The number of nitrogens with zero attached hydrogens (tertiary/aromatic N) is 2. The van der Waals surface area contributed by atoms with Crippen LogP contribution in [0.1, 0.15) is 42.7 Å². The van der Waals surface area contributed by atoms with Gasteiger partial charge in [0.1, 0.15) is 18.2 Å². The Bertz CT molecular complexity index is 1030. The van der Waals surface area contributed by atoms with E-state index in [1.165, 1.54) is 17.7 Å². The van der Waals surface area contributed by atoms with Crippen LogP contribution in [-0.4, -0.2) is 67.6 Å². The van der Waals surface area contributed by atoms with E-state index in [9.17, 15) is 14.0 Å². The molecule has 2 aromatic carbocycles. The van der Waals surface area contributed by atoms with E-state index in [0.717, 1.165) is 30.6 Å². The number of hydrogen-bond acceptors (Lipinski definition) is 4. The van der Waals surface area contributed by atoms with Crippen LogP contribution in [0.3, 0.4) is 0 Å². The molecule has 2 aromatic rings. The molecule has 3 saturated heterocycles. The Hall–Kier alpha value is -2.93.